The first-order chi connectivity index (χ1) is 30.5. The van der Waals surface area contributed by atoms with Crippen molar-refractivity contribution >= 4 is 69.9 Å². The summed E-state index contributed by atoms with van der Waals surface area (Å²) in [6.07, 6.45) is -11.9. The first-order valence-electron chi connectivity index (χ1n) is 18.2. The van der Waals surface area contributed by atoms with E-state index in [2.05, 4.69) is 30.9 Å². The van der Waals surface area contributed by atoms with Crippen LogP contribution in [0.5, 0.6) is 0 Å². The van der Waals surface area contributed by atoms with Crippen molar-refractivity contribution in [1.29, 1.82) is 5.26 Å². The van der Waals surface area contributed by atoms with E-state index in [4.69, 9.17) is 41.3 Å². The molecule has 0 aliphatic carbocycles. The summed E-state index contributed by atoms with van der Waals surface area (Å²) < 4.78 is 135. The van der Waals surface area contributed by atoms with Crippen LogP contribution in [0, 0.1) is 17.2 Å². The summed E-state index contributed by atoms with van der Waals surface area (Å²) in [6, 6.07) is 12.8. The third-order valence-corrected chi connectivity index (χ3v) is 9.00. The molecular weight excluding hydrogens is 944 g/mol. The Morgan fingerprint density at radius 3 is 1.88 bits per heavy atom. The van der Waals surface area contributed by atoms with E-state index in [-0.39, 0.29) is 29.5 Å². The number of aromatic nitrogens is 3. The molecule has 0 spiro atoms. The number of alkyl halides is 12. The molecule has 1 fully saturated rings. The Bertz CT molecular complexity index is 2360. The van der Waals surface area contributed by atoms with E-state index in [9.17, 15) is 62.7 Å². The molecule has 1 saturated heterocycles. The Balaban J connectivity index is 0.000000457. The van der Waals surface area contributed by atoms with Crippen LogP contribution in [0.1, 0.15) is 41.5 Å². The Morgan fingerprint density at radius 1 is 0.773 bits per heavy atom. The van der Waals surface area contributed by atoms with Crippen LogP contribution in [0.3, 0.4) is 0 Å². The molecule has 2 aromatic carbocycles. The van der Waals surface area contributed by atoms with Gasteiger partial charge >= 0.3 is 42.6 Å². The molecule has 6 N–H and O–H groups in total. The predicted octanol–water partition coefficient (Wildman–Crippen LogP) is 9.15. The second-order valence-electron chi connectivity index (χ2n) is 13.5. The molecule has 1 amide bonds. The van der Waals surface area contributed by atoms with Gasteiger partial charge in [0.2, 0.25) is 11.9 Å². The average molecular weight is 975 g/mol. The molecule has 0 radical (unpaired) electrons. The number of nitrogens with one attached hydrogen (secondary N) is 3. The van der Waals surface area contributed by atoms with Gasteiger partial charge in [-0.2, -0.15) is 62.9 Å². The molecule has 2 aliphatic rings. The van der Waals surface area contributed by atoms with Crippen molar-refractivity contribution in [3.05, 3.63) is 88.3 Å². The lowest BCUT2D eigenvalue weighted by Gasteiger charge is -2.34. The molecule has 356 valence electrons. The fourth-order valence-corrected chi connectivity index (χ4v) is 5.80. The van der Waals surface area contributed by atoms with Gasteiger partial charge in [0.15, 0.2) is 5.82 Å². The highest BCUT2D eigenvalue weighted by atomic mass is 35.5. The molecule has 0 saturated carbocycles. The zero-order chi connectivity index (χ0) is 49.8. The van der Waals surface area contributed by atoms with Crippen LogP contribution in [-0.2, 0) is 38.2 Å². The van der Waals surface area contributed by atoms with Crippen molar-refractivity contribution < 1.29 is 87.2 Å². The number of piperidine rings is 1. The maximum absolute atomic E-state index is 13.3. The van der Waals surface area contributed by atoms with E-state index in [1.54, 1.807) is 17.3 Å². The summed E-state index contributed by atoms with van der Waals surface area (Å²) in [5.41, 5.74) is 3.79. The van der Waals surface area contributed by atoms with Gasteiger partial charge in [-0.3, -0.25) is 9.78 Å². The molecule has 4 heterocycles. The van der Waals surface area contributed by atoms with Crippen molar-refractivity contribution in [1.82, 2.24) is 15.0 Å². The second kappa shape index (κ2) is 22.2. The lowest BCUT2D eigenvalue weighted by Crippen LogP contribution is -2.35. The predicted molar refractivity (Wildman–Crippen MR) is 207 cm³/mol. The quantitative estimate of drug-likeness (QED) is 0.105. The maximum Gasteiger partial charge on any atom is 0.490 e. The number of halogens is 13. The lowest BCUT2D eigenvalue weighted by molar-refractivity contribution is -0.193. The number of rotatable bonds is 4. The fourth-order valence-electron chi connectivity index (χ4n) is 5.66. The molecule has 2 aliphatic heterocycles. The number of aryl methyl sites for hydroxylation is 2. The third kappa shape index (κ3) is 16.8. The minimum absolute atomic E-state index is 0.0546. The molecule has 2 aromatic heterocycles. The van der Waals surface area contributed by atoms with Crippen LogP contribution in [0.4, 0.5) is 87.2 Å². The van der Waals surface area contributed by atoms with E-state index >= 15 is 0 Å². The zero-order valence-electron chi connectivity index (χ0n) is 32.9. The lowest BCUT2D eigenvalue weighted by atomic mass is 9.92. The smallest absolute Gasteiger partial charge is 0.475 e. The normalized spacial score (nSPS) is 13.8. The Labute approximate surface area is 368 Å². The van der Waals surface area contributed by atoms with Gasteiger partial charge in [-0.15, -0.1) is 0 Å². The van der Waals surface area contributed by atoms with Crippen LogP contribution in [0.15, 0.2) is 61.1 Å². The number of hydrogen-bond donors (Lipinski definition) is 6. The standard InChI is InChI=1S/C32H28ClF3N8O.3C2HF3O2/c33-26-18-39-31-41-25-11-20(16-38-17-25)1-2-21-13-24(40-30(26)43-31)5-6-27(21)42-29(45)12-19-7-9-44(10-8-19)28-14-23(32(34,35)36)4-3-22(28)15-37;3*3-2(4,5)1(6)7/h3-6,11,13-14,16-19H,1-2,7-10,12H2,(H,42,45)(H2,39,40,41,43);3*(H,6,7). The van der Waals surface area contributed by atoms with Gasteiger partial charge in [-0.25, -0.2) is 19.4 Å². The van der Waals surface area contributed by atoms with Crippen molar-refractivity contribution in [2.24, 2.45) is 5.92 Å². The Morgan fingerprint density at radius 2 is 1.35 bits per heavy atom. The van der Waals surface area contributed by atoms with Gasteiger partial charge in [0, 0.05) is 37.1 Å². The summed E-state index contributed by atoms with van der Waals surface area (Å²) >= 11 is 6.36. The highest BCUT2D eigenvalue weighted by Crippen LogP contribution is 2.36. The summed E-state index contributed by atoms with van der Waals surface area (Å²) in [5.74, 6) is -7.55. The van der Waals surface area contributed by atoms with Crippen molar-refractivity contribution in [3.63, 3.8) is 0 Å². The number of pyridine rings is 1. The summed E-state index contributed by atoms with van der Waals surface area (Å²) in [7, 11) is 0. The van der Waals surface area contributed by atoms with E-state index in [1.165, 1.54) is 12.3 Å². The Hall–Kier alpha value is -7.11. The monoisotopic (exact) mass is 974 g/mol. The van der Waals surface area contributed by atoms with Gasteiger partial charge < -0.3 is 36.2 Å². The number of fused-ring (bicyclic) bond motifs is 6. The number of nitrogens with zero attached hydrogens (tertiary/aromatic N) is 5. The van der Waals surface area contributed by atoms with Gasteiger partial charge in [-0.1, -0.05) is 11.6 Å². The van der Waals surface area contributed by atoms with Gasteiger partial charge in [0.25, 0.3) is 0 Å². The van der Waals surface area contributed by atoms with Crippen LogP contribution >= 0.6 is 11.6 Å². The second-order valence-corrected chi connectivity index (χ2v) is 13.9. The SMILES string of the molecule is N#Cc1ccc(C(F)(F)F)cc1N1CCC(CC(=O)Nc2ccc3cc2CCc2cncc(c2)Nc2ncc(Cl)c(n2)N3)CC1.O=C(O)C(F)(F)F.O=C(O)C(F)(F)F.O=C(O)C(F)(F)F. The van der Waals surface area contributed by atoms with Gasteiger partial charge in [0.05, 0.1) is 34.9 Å². The van der Waals surface area contributed by atoms with E-state index in [0.29, 0.717) is 61.2 Å². The number of amides is 1. The van der Waals surface area contributed by atoms with E-state index in [0.717, 1.165) is 34.6 Å². The molecular formula is C38H31ClF12N8O7. The van der Waals surface area contributed by atoms with Gasteiger partial charge in [-0.05, 0) is 85.2 Å². The summed E-state index contributed by atoms with van der Waals surface area (Å²) in [6.45, 7) is 0.906. The van der Waals surface area contributed by atoms with Crippen LogP contribution in [-0.4, -0.2) is 85.7 Å². The number of carbonyl (C=O) groups is 4. The van der Waals surface area contributed by atoms with Crippen molar-refractivity contribution in [3.8, 4) is 6.07 Å². The molecule has 0 atom stereocenters. The molecule has 15 nitrogen and oxygen atoms in total. The summed E-state index contributed by atoms with van der Waals surface area (Å²) in [5, 5.41) is 40.7. The first-order valence-corrected chi connectivity index (χ1v) is 18.6. The number of aliphatic carboxylic acids is 3. The Kier molecular flexibility index (Phi) is 17.9. The minimum Gasteiger partial charge on any atom is -0.475 e. The molecule has 0 unspecified atom stereocenters. The first kappa shape index (κ1) is 53.2. The van der Waals surface area contributed by atoms with Gasteiger partial charge in [0.1, 0.15) is 11.1 Å². The van der Waals surface area contributed by atoms with Crippen LogP contribution in [0.2, 0.25) is 5.02 Å². The molecule has 6 rings (SSSR count). The largest absolute Gasteiger partial charge is 0.490 e. The zero-order valence-corrected chi connectivity index (χ0v) is 33.7. The topological polar surface area (TPSA) is 231 Å². The number of hydrogen-bond acceptors (Lipinski definition) is 11. The molecule has 28 heteroatoms. The number of carboxylic acid groups (broad SMARTS) is 3. The highest BCUT2D eigenvalue weighted by molar-refractivity contribution is 6.32. The maximum atomic E-state index is 13.3. The van der Waals surface area contributed by atoms with E-state index < -0.39 is 48.2 Å². The number of nitriles is 1. The molecule has 6 bridgehead atoms. The minimum atomic E-state index is -5.08. The number of anilines is 6. The fraction of sp³-hybridized carbons (Fsp3) is 0.316. The molecule has 66 heavy (non-hydrogen) atoms. The van der Waals surface area contributed by atoms with E-state index in [1.807, 2.05) is 30.3 Å². The van der Waals surface area contributed by atoms with Crippen LogP contribution in [0.25, 0.3) is 0 Å². The van der Waals surface area contributed by atoms with Crippen LogP contribution < -0.4 is 20.9 Å². The molecule has 4 aromatic rings. The third-order valence-electron chi connectivity index (χ3n) is 8.72. The average Bonchev–Trinajstić information content (AvgIpc) is 3.21. The number of carbonyl (C=O) groups excluding carboxylic acids is 1. The van der Waals surface area contributed by atoms with Crippen molar-refractivity contribution in [2.45, 2.75) is 56.8 Å². The summed E-state index contributed by atoms with van der Waals surface area (Å²) in [4.78, 5) is 54.8. The highest BCUT2D eigenvalue weighted by Gasteiger charge is 2.39. The number of benzene rings is 2. The van der Waals surface area contributed by atoms with Crippen molar-refractivity contribution in [2.75, 3.05) is 33.9 Å². The number of carboxylic acids is 3.